The van der Waals surface area contributed by atoms with E-state index < -0.39 is 5.97 Å². The first kappa shape index (κ1) is 12.9. The van der Waals surface area contributed by atoms with Crippen molar-refractivity contribution in [2.24, 2.45) is 11.8 Å². The van der Waals surface area contributed by atoms with Gasteiger partial charge in [-0.15, -0.1) is 0 Å². The standard InChI is InChI=1S/C18H18O2/c1-12-15(13-8-4-2-5-9-13)17(18(19)20)16(12)14-10-6-3-7-11-14/h2-12,15-17H,1H3,(H,19,20)/t12?,15-,16?,17?/m1/s1. The molecule has 1 fully saturated rings. The number of rotatable bonds is 3. The molecule has 0 saturated heterocycles. The van der Waals surface area contributed by atoms with Gasteiger partial charge in [0.15, 0.2) is 0 Å². The van der Waals surface area contributed by atoms with Gasteiger partial charge in [-0.2, -0.15) is 0 Å². The van der Waals surface area contributed by atoms with Gasteiger partial charge in [0, 0.05) is 11.8 Å². The summed E-state index contributed by atoms with van der Waals surface area (Å²) in [5.41, 5.74) is 2.28. The van der Waals surface area contributed by atoms with E-state index in [1.807, 2.05) is 60.7 Å². The fraction of sp³-hybridized carbons (Fsp3) is 0.278. The first-order valence-corrected chi connectivity index (χ1v) is 7.03. The van der Waals surface area contributed by atoms with Gasteiger partial charge in [0.1, 0.15) is 0 Å². The molecule has 1 N–H and O–H groups in total. The molecule has 0 bridgehead atoms. The van der Waals surface area contributed by atoms with E-state index in [9.17, 15) is 9.90 Å². The molecule has 3 rings (SSSR count). The lowest BCUT2D eigenvalue weighted by Gasteiger charge is -2.49. The molecule has 3 unspecified atom stereocenters. The predicted molar refractivity (Wildman–Crippen MR) is 78.7 cm³/mol. The largest absolute Gasteiger partial charge is 0.481 e. The van der Waals surface area contributed by atoms with E-state index in [4.69, 9.17) is 0 Å². The second kappa shape index (κ2) is 5.12. The van der Waals surface area contributed by atoms with Crippen LogP contribution in [-0.2, 0) is 4.79 Å². The minimum absolute atomic E-state index is 0.110. The molecule has 20 heavy (non-hydrogen) atoms. The Bertz CT molecular complexity index is 544. The molecule has 0 heterocycles. The summed E-state index contributed by atoms with van der Waals surface area (Å²) in [7, 11) is 0. The Morgan fingerprint density at radius 1 is 0.850 bits per heavy atom. The summed E-state index contributed by atoms with van der Waals surface area (Å²) in [5.74, 6) is -0.445. The molecule has 2 heteroatoms. The van der Waals surface area contributed by atoms with E-state index in [0.717, 1.165) is 11.1 Å². The van der Waals surface area contributed by atoms with Gasteiger partial charge in [-0.25, -0.2) is 0 Å². The van der Waals surface area contributed by atoms with Crippen molar-refractivity contribution in [2.75, 3.05) is 0 Å². The van der Waals surface area contributed by atoms with Crippen molar-refractivity contribution in [3.8, 4) is 0 Å². The van der Waals surface area contributed by atoms with Gasteiger partial charge in [-0.1, -0.05) is 67.6 Å². The molecule has 0 aromatic heterocycles. The molecule has 0 spiro atoms. The number of hydrogen-bond acceptors (Lipinski definition) is 1. The highest BCUT2D eigenvalue weighted by molar-refractivity contribution is 5.75. The van der Waals surface area contributed by atoms with Gasteiger partial charge >= 0.3 is 5.97 Å². The molecular weight excluding hydrogens is 248 g/mol. The van der Waals surface area contributed by atoms with Gasteiger partial charge < -0.3 is 5.11 Å². The molecule has 4 atom stereocenters. The Morgan fingerprint density at radius 2 is 1.25 bits per heavy atom. The number of carboxylic acid groups (broad SMARTS) is 1. The van der Waals surface area contributed by atoms with Crippen LogP contribution in [0.5, 0.6) is 0 Å². The quantitative estimate of drug-likeness (QED) is 0.914. The van der Waals surface area contributed by atoms with E-state index in [1.165, 1.54) is 0 Å². The third-order valence-corrected chi connectivity index (χ3v) is 4.56. The summed E-state index contributed by atoms with van der Waals surface area (Å²) in [6.45, 7) is 2.16. The maximum absolute atomic E-state index is 11.7. The van der Waals surface area contributed by atoms with Crippen LogP contribution in [0.15, 0.2) is 60.7 Å². The van der Waals surface area contributed by atoms with Crippen LogP contribution in [0.2, 0.25) is 0 Å². The van der Waals surface area contributed by atoms with Crippen molar-refractivity contribution in [2.45, 2.75) is 18.8 Å². The zero-order valence-corrected chi connectivity index (χ0v) is 11.4. The average molecular weight is 266 g/mol. The molecule has 0 amide bonds. The topological polar surface area (TPSA) is 37.3 Å². The molecule has 0 radical (unpaired) electrons. The minimum Gasteiger partial charge on any atom is -0.481 e. The second-order valence-corrected chi connectivity index (χ2v) is 5.60. The van der Waals surface area contributed by atoms with Crippen molar-refractivity contribution in [3.05, 3.63) is 71.8 Å². The van der Waals surface area contributed by atoms with E-state index in [0.29, 0.717) is 5.92 Å². The molecule has 0 aliphatic heterocycles. The van der Waals surface area contributed by atoms with Gasteiger partial charge in [0.05, 0.1) is 5.92 Å². The highest BCUT2D eigenvalue weighted by atomic mass is 16.4. The predicted octanol–water partition coefficient (Wildman–Crippen LogP) is 3.90. The highest BCUT2D eigenvalue weighted by Crippen LogP contribution is 2.57. The molecule has 2 aromatic carbocycles. The summed E-state index contributed by atoms with van der Waals surface area (Å²) >= 11 is 0. The summed E-state index contributed by atoms with van der Waals surface area (Å²) in [6.07, 6.45) is 0. The van der Waals surface area contributed by atoms with Gasteiger partial charge in [0.2, 0.25) is 0 Å². The van der Waals surface area contributed by atoms with Crippen LogP contribution in [0, 0.1) is 11.8 Å². The monoisotopic (exact) mass is 266 g/mol. The van der Waals surface area contributed by atoms with E-state index >= 15 is 0 Å². The van der Waals surface area contributed by atoms with Crippen molar-refractivity contribution in [1.29, 1.82) is 0 Å². The molecule has 102 valence electrons. The lowest BCUT2D eigenvalue weighted by molar-refractivity contribution is -0.149. The van der Waals surface area contributed by atoms with E-state index in [2.05, 4.69) is 6.92 Å². The van der Waals surface area contributed by atoms with Gasteiger partial charge in [-0.05, 0) is 17.0 Å². The Morgan fingerprint density at radius 3 is 1.60 bits per heavy atom. The molecule has 1 saturated carbocycles. The lowest BCUT2D eigenvalue weighted by Crippen LogP contribution is -2.46. The number of benzene rings is 2. The molecular formula is C18H18O2. The third-order valence-electron chi connectivity index (χ3n) is 4.56. The maximum Gasteiger partial charge on any atom is 0.307 e. The van der Waals surface area contributed by atoms with Crippen LogP contribution in [0.4, 0.5) is 0 Å². The summed E-state index contributed by atoms with van der Waals surface area (Å²) < 4.78 is 0. The Labute approximate surface area is 119 Å². The van der Waals surface area contributed by atoms with E-state index in [-0.39, 0.29) is 17.8 Å². The SMILES string of the molecule is CC1C(c2ccccc2)C(C(=O)O)[C@H]1c1ccccc1. The second-order valence-electron chi connectivity index (χ2n) is 5.60. The van der Waals surface area contributed by atoms with Crippen LogP contribution < -0.4 is 0 Å². The van der Waals surface area contributed by atoms with Crippen LogP contribution in [0.1, 0.15) is 29.9 Å². The van der Waals surface area contributed by atoms with Crippen molar-refractivity contribution in [1.82, 2.24) is 0 Å². The number of aliphatic carboxylic acids is 1. The normalized spacial score (nSPS) is 28.6. The zero-order chi connectivity index (χ0) is 14.1. The minimum atomic E-state index is -0.689. The van der Waals surface area contributed by atoms with Gasteiger partial charge in [-0.3, -0.25) is 4.79 Å². The molecule has 1 aliphatic rings. The number of carboxylic acids is 1. The van der Waals surface area contributed by atoms with E-state index in [1.54, 1.807) is 0 Å². The first-order chi connectivity index (χ1) is 9.70. The lowest BCUT2D eigenvalue weighted by atomic mass is 9.53. The molecule has 1 aliphatic carbocycles. The summed E-state index contributed by atoms with van der Waals surface area (Å²) in [5, 5.41) is 9.61. The fourth-order valence-electron chi connectivity index (χ4n) is 3.63. The van der Waals surface area contributed by atoms with Crippen LogP contribution in [0.3, 0.4) is 0 Å². The highest BCUT2D eigenvalue weighted by Gasteiger charge is 2.52. The summed E-state index contributed by atoms with van der Waals surface area (Å²) in [4.78, 5) is 11.7. The van der Waals surface area contributed by atoms with Crippen molar-refractivity contribution in [3.63, 3.8) is 0 Å². The van der Waals surface area contributed by atoms with Crippen molar-refractivity contribution < 1.29 is 9.90 Å². The Kier molecular flexibility index (Phi) is 3.31. The average Bonchev–Trinajstić information content (AvgIpc) is 2.46. The molecule has 2 nitrogen and oxygen atoms in total. The Balaban J connectivity index is 1.94. The van der Waals surface area contributed by atoms with Crippen LogP contribution in [0.25, 0.3) is 0 Å². The smallest absolute Gasteiger partial charge is 0.307 e. The fourth-order valence-corrected chi connectivity index (χ4v) is 3.63. The number of carbonyl (C=O) groups is 1. The van der Waals surface area contributed by atoms with Crippen LogP contribution >= 0.6 is 0 Å². The zero-order valence-electron chi connectivity index (χ0n) is 11.4. The van der Waals surface area contributed by atoms with Crippen molar-refractivity contribution >= 4 is 5.97 Å². The molecule has 2 aromatic rings. The number of hydrogen-bond donors (Lipinski definition) is 1. The summed E-state index contributed by atoms with van der Waals surface area (Å²) in [6, 6.07) is 20.0. The third kappa shape index (κ3) is 2.01. The van der Waals surface area contributed by atoms with Crippen LogP contribution in [-0.4, -0.2) is 11.1 Å². The maximum atomic E-state index is 11.7. The first-order valence-electron chi connectivity index (χ1n) is 7.03. The van der Waals surface area contributed by atoms with Gasteiger partial charge in [0.25, 0.3) is 0 Å². The Hall–Kier alpha value is -2.09.